The maximum atomic E-state index is 13.4. The number of nitrogens with zero attached hydrogens (tertiary/aromatic N) is 6. The Kier molecular flexibility index (Phi) is 6.00. The first-order chi connectivity index (χ1) is 18.8. The molecule has 3 amide bonds. The third-order valence-corrected chi connectivity index (χ3v) is 7.90. The zero-order valence-corrected chi connectivity index (χ0v) is 22.1. The third-order valence-electron chi connectivity index (χ3n) is 7.90. The van der Waals surface area contributed by atoms with Crippen LogP contribution in [0.25, 0.3) is 0 Å². The maximum absolute atomic E-state index is 13.4. The number of benzene rings is 1. The van der Waals surface area contributed by atoms with E-state index < -0.39 is 17.5 Å². The first-order valence-electron chi connectivity index (χ1n) is 13.1. The fraction of sp³-hybridized carbons (Fsp3) is 0.462. The minimum atomic E-state index is -0.601. The summed E-state index contributed by atoms with van der Waals surface area (Å²) in [6, 6.07) is 9.87. The fourth-order valence-corrected chi connectivity index (χ4v) is 5.63. The van der Waals surface area contributed by atoms with E-state index in [0.717, 1.165) is 24.1 Å². The predicted molar refractivity (Wildman–Crippen MR) is 143 cm³/mol. The van der Waals surface area contributed by atoms with Crippen molar-refractivity contribution in [3.8, 4) is 6.01 Å². The smallest absolute Gasteiger partial charge is 0.322 e. The van der Waals surface area contributed by atoms with Crippen LogP contribution in [0.1, 0.15) is 55.8 Å². The molecule has 0 bridgehead atoms. The van der Waals surface area contributed by atoms with Gasteiger partial charge in [0.25, 0.3) is 0 Å². The van der Waals surface area contributed by atoms with Crippen LogP contribution in [-0.4, -0.2) is 67.7 Å². The van der Waals surface area contributed by atoms with Gasteiger partial charge in [-0.3, -0.25) is 9.89 Å². The van der Waals surface area contributed by atoms with Crippen molar-refractivity contribution in [3.05, 3.63) is 47.2 Å². The van der Waals surface area contributed by atoms with Crippen LogP contribution < -0.4 is 26.0 Å². The van der Waals surface area contributed by atoms with Gasteiger partial charge in [0.05, 0.1) is 24.9 Å². The third kappa shape index (κ3) is 4.47. The van der Waals surface area contributed by atoms with Gasteiger partial charge < -0.3 is 30.9 Å². The van der Waals surface area contributed by atoms with Gasteiger partial charge in [-0.25, -0.2) is 4.79 Å². The number of nitrogens with one attached hydrogen (secondary N) is 3. The standard InChI is InChI=1S/C26H32N10O3/c1-26(2)19-16(13-36(26)25(38)28-17-12-15(17)14-8-5-4-6-9-14)21(34-33-19)29-22-30-23(32-24(31-22)39-3)35-11-7-10-18(35)20(27)37/h4-6,8-9,15,17-18H,7,10-13H2,1-3H3,(H2,27,37)(H,28,38)(H2,29,30,31,32,33,34)/t15-,17+,18-/m0/s1. The number of carbonyl (C=O) groups is 2. The van der Waals surface area contributed by atoms with Gasteiger partial charge >= 0.3 is 12.0 Å². The quantitative estimate of drug-likeness (QED) is 0.356. The van der Waals surface area contributed by atoms with Gasteiger partial charge in [-0.1, -0.05) is 30.3 Å². The Morgan fingerprint density at radius 1 is 1.18 bits per heavy atom. The monoisotopic (exact) mass is 532 g/mol. The number of primary amides is 1. The van der Waals surface area contributed by atoms with E-state index >= 15 is 0 Å². The van der Waals surface area contributed by atoms with Crippen LogP contribution in [0.15, 0.2) is 30.3 Å². The zero-order chi connectivity index (χ0) is 27.3. The van der Waals surface area contributed by atoms with Gasteiger partial charge in [0, 0.05) is 24.1 Å². The SMILES string of the molecule is COc1nc(Nc2n[nH]c3c2CN(C(=O)N[C@@H]2C[C@H]2c2ccccc2)C3(C)C)nc(N2CCC[C@H]2C(N)=O)n1. The molecule has 13 heteroatoms. The van der Waals surface area contributed by atoms with Gasteiger partial charge in [-0.15, -0.1) is 0 Å². The zero-order valence-electron chi connectivity index (χ0n) is 22.1. The van der Waals surface area contributed by atoms with E-state index in [1.54, 1.807) is 4.90 Å². The molecule has 39 heavy (non-hydrogen) atoms. The highest BCUT2D eigenvalue weighted by molar-refractivity contribution is 5.83. The van der Waals surface area contributed by atoms with Crippen molar-refractivity contribution in [2.24, 2.45) is 5.73 Å². The number of hydrogen-bond donors (Lipinski definition) is 4. The number of anilines is 3. The van der Waals surface area contributed by atoms with Gasteiger partial charge in [0.1, 0.15) is 6.04 Å². The number of nitrogens with two attached hydrogens (primary N) is 1. The molecule has 3 aliphatic rings. The molecule has 204 valence electrons. The molecule has 1 aliphatic carbocycles. The molecular formula is C26H32N10O3. The Hall–Kier alpha value is -4.42. The van der Waals surface area contributed by atoms with E-state index in [4.69, 9.17) is 10.5 Å². The lowest BCUT2D eigenvalue weighted by atomic mass is 10.0. The summed E-state index contributed by atoms with van der Waals surface area (Å²) < 4.78 is 5.29. The lowest BCUT2D eigenvalue weighted by Gasteiger charge is -2.32. The molecule has 0 unspecified atom stereocenters. The number of urea groups is 1. The topological polar surface area (TPSA) is 167 Å². The van der Waals surface area contributed by atoms with Crippen molar-refractivity contribution in [3.63, 3.8) is 0 Å². The minimum Gasteiger partial charge on any atom is -0.467 e. The van der Waals surface area contributed by atoms with E-state index in [0.29, 0.717) is 37.2 Å². The summed E-state index contributed by atoms with van der Waals surface area (Å²) in [5.74, 6) is 0.944. The summed E-state index contributed by atoms with van der Waals surface area (Å²) in [5.41, 5.74) is 7.92. The molecule has 0 spiro atoms. The van der Waals surface area contributed by atoms with Gasteiger partial charge in [-0.2, -0.15) is 20.1 Å². The van der Waals surface area contributed by atoms with Crippen LogP contribution in [0.5, 0.6) is 6.01 Å². The fourth-order valence-electron chi connectivity index (χ4n) is 5.63. The van der Waals surface area contributed by atoms with Crippen molar-refractivity contribution >= 4 is 29.7 Å². The summed E-state index contributed by atoms with van der Waals surface area (Å²) in [6.45, 7) is 4.94. The highest BCUT2D eigenvalue weighted by atomic mass is 16.5. The van der Waals surface area contributed by atoms with E-state index in [1.807, 2.05) is 36.9 Å². The molecule has 2 fully saturated rings. The molecule has 1 saturated heterocycles. The Morgan fingerprint density at radius 2 is 1.97 bits per heavy atom. The average Bonchev–Trinajstić information content (AvgIpc) is 3.24. The van der Waals surface area contributed by atoms with E-state index in [9.17, 15) is 9.59 Å². The van der Waals surface area contributed by atoms with E-state index in [-0.39, 0.29) is 24.0 Å². The van der Waals surface area contributed by atoms with Crippen molar-refractivity contribution in [1.82, 2.24) is 35.4 Å². The number of fused-ring (bicyclic) bond motifs is 1. The molecule has 3 aromatic rings. The predicted octanol–water partition coefficient (Wildman–Crippen LogP) is 2.12. The first kappa shape index (κ1) is 24.9. The van der Waals surface area contributed by atoms with Crippen molar-refractivity contribution in [2.75, 3.05) is 23.9 Å². The van der Waals surface area contributed by atoms with Crippen molar-refractivity contribution in [2.45, 2.75) is 63.2 Å². The second-order valence-corrected chi connectivity index (χ2v) is 10.7. The number of carbonyl (C=O) groups excluding carboxylic acids is 2. The number of ether oxygens (including phenoxy) is 1. The van der Waals surface area contributed by atoms with Crippen LogP contribution in [-0.2, 0) is 16.9 Å². The highest BCUT2D eigenvalue weighted by Crippen LogP contribution is 2.43. The molecule has 1 saturated carbocycles. The Balaban J connectivity index is 1.19. The molecule has 0 radical (unpaired) electrons. The van der Waals surface area contributed by atoms with Gasteiger partial charge in [0.15, 0.2) is 5.82 Å². The average molecular weight is 533 g/mol. The minimum absolute atomic E-state index is 0.100. The lowest BCUT2D eigenvalue weighted by molar-refractivity contribution is -0.119. The van der Waals surface area contributed by atoms with Gasteiger partial charge in [-0.05, 0) is 38.7 Å². The van der Waals surface area contributed by atoms with E-state index in [2.05, 4.69) is 47.9 Å². The van der Waals surface area contributed by atoms with Crippen LogP contribution >= 0.6 is 0 Å². The normalized spacial score (nSPS) is 22.9. The summed E-state index contributed by atoms with van der Waals surface area (Å²) in [5, 5.41) is 13.9. The molecule has 13 nitrogen and oxygen atoms in total. The Morgan fingerprint density at radius 3 is 2.72 bits per heavy atom. The van der Waals surface area contributed by atoms with Crippen LogP contribution in [0.3, 0.4) is 0 Å². The number of rotatable bonds is 7. The van der Waals surface area contributed by atoms with Crippen molar-refractivity contribution < 1.29 is 14.3 Å². The maximum Gasteiger partial charge on any atom is 0.322 e. The number of amides is 3. The molecule has 2 aliphatic heterocycles. The molecule has 4 heterocycles. The van der Waals surface area contributed by atoms with Crippen LogP contribution in [0.2, 0.25) is 0 Å². The first-order valence-corrected chi connectivity index (χ1v) is 13.1. The molecule has 2 aromatic heterocycles. The van der Waals surface area contributed by atoms with Crippen LogP contribution in [0.4, 0.5) is 22.5 Å². The largest absolute Gasteiger partial charge is 0.467 e. The Labute approximate surface area is 225 Å². The summed E-state index contributed by atoms with van der Waals surface area (Å²) >= 11 is 0. The summed E-state index contributed by atoms with van der Waals surface area (Å²) in [6.07, 6.45) is 2.37. The Bertz CT molecular complexity index is 1410. The number of hydrogen-bond acceptors (Lipinski definition) is 9. The highest BCUT2D eigenvalue weighted by Gasteiger charge is 2.47. The lowest BCUT2D eigenvalue weighted by Crippen LogP contribution is -2.47. The second kappa shape index (κ2) is 9.40. The van der Waals surface area contributed by atoms with E-state index in [1.165, 1.54) is 12.7 Å². The number of aromatic nitrogens is 5. The molecule has 1 aromatic carbocycles. The van der Waals surface area contributed by atoms with Crippen molar-refractivity contribution in [1.29, 1.82) is 0 Å². The molecular weight excluding hydrogens is 500 g/mol. The van der Waals surface area contributed by atoms with Crippen LogP contribution in [0, 0.1) is 0 Å². The number of aromatic amines is 1. The number of methoxy groups -OCH3 is 1. The molecule has 6 rings (SSSR count). The van der Waals surface area contributed by atoms with Gasteiger partial charge in [0.2, 0.25) is 17.8 Å². The summed E-state index contributed by atoms with van der Waals surface area (Å²) in [7, 11) is 1.46. The summed E-state index contributed by atoms with van der Waals surface area (Å²) in [4.78, 5) is 42.0. The molecule has 3 atom stereocenters. The molecule has 5 N–H and O–H groups in total. The number of H-pyrrole nitrogens is 1. The second-order valence-electron chi connectivity index (χ2n) is 10.7.